The van der Waals surface area contributed by atoms with E-state index in [1.165, 1.54) is 0 Å². The van der Waals surface area contributed by atoms with Crippen LogP contribution in [0.1, 0.15) is 11.3 Å². The number of carbonyl (C=O) groups is 1. The van der Waals surface area contributed by atoms with E-state index in [-0.39, 0.29) is 18.5 Å². The number of nitrogens with one attached hydrogen (secondary N) is 1. The van der Waals surface area contributed by atoms with Crippen LogP contribution in [0.4, 0.5) is 18.9 Å². The average molecular weight is 313 g/mol. The summed E-state index contributed by atoms with van der Waals surface area (Å²) < 4.78 is 39.4. The fourth-order valence-electron chi connectivity index (χ4n) is 1.95. The number of anilines is 1. The Morgan fingerprint density at radius 1 is 1.27 bits per heavy atom. The van der Waals surface area contributed by atoms with Crippen molar-refractivity contribution >= 4 is 11.6 Å². The van der Waals surface area contributed by atoms with Gasteiger partial charge in [0.2, 0.25) is 5.91 Å². The van der Waals surface area contributed by atoms with Crippen LogP contribution in [0.15, 0.2) is 36.5 Å². The molecule has 0 unspecified atom stereocenters. The second kappa shape index (κ2) is 6.61. The Labute approximate surface area is 124 Å². The zero-order valence-corrected chi connectivity index (χ0v) is 11.5. The summed E-state index contributed by atoms with van der Waals surface area (Å²) in [7, 11) is 0. The van der Waals surface area contributed by atoms with Gasteiger partial charge in [0.15, 0.2) is 5.69 Å². The summed E-state index contributed by atoms with van der Waals surface area (Å²) in [6, 6.07) is 8.56. The number of nitrogens with zero attached hydrogens (tertiary/aromatic N) is 2. The third-order valence-electron chi connectivity index (χ3n) is 2.85. The van der Waals surface area contributed by atoms with E-state index >= 15 is 0 Å². The zero-order chi connectivity index (χ0) is 16.2. The van der Waals surface area contributed by atoms with Gasteiger partial charge >= 0.3 is 6.18 Å². The maximum Gasteiger partial charge on any atom is 0.435 e. The van der Waals surface area contributed by atoms with Crippen molar-refractivity contribution in [3.05, 3.63) is 47.8 Å². The van der Waals surface area contributed by atoms with Crippen LogP contribution >= 0.6 is 0 Å². The lowest BCUT2D eigenvalue weighted by molar-refractivity contribution is -0.142. The van der Waals surface area contributed by atoms with Crippen molar-refractivity contribution in [2.24, 2.45) is 0 Å². The third kappa shape index (κ3) is 4.08. The maximum atomic E-state index is 12.8. The Hall–Kier alpha value is -2.35. The molecule has 1 amide bonds. The quantitative estimate of drug-likeness (QED) is 0.888. The third-order valence-corrected chi connectivity index (χ3v) is 2.85. The number of hydrogen-bond acceptors (Lipinski definition) is 3. The summed E-state index contributed by atoms with van der Waals surface area (Å²) in [5.74, 6) is -0.488. The van der Waals surface area contributed by atoms with E-state index in [0.717, 1.165) is 10.9 Å². The number of aromatic nitrogens is 2. The Balaban J connectivity index is 2.11. The van der Waals surface area contributed by atoms with Crippen molar-refractivity contribution in [2.45, 2.75) is 19.1 Å². The monoisotopic (exact) mass is 313 g/mol. The number of halogens is 3. The molecular formula is C14H14F3N3O2. The van der Waals surface area contributed by atoms with Gasteiger partial charge in [-0.2, -0.15) is 18.3 Å². The first-order valence-electron chi connectivity index (χ1n) is 6.49. The number of amides is 1. The van der Waals surface area contributed by atoms with Crippen LogP contribution in [0.5, 0.6) is 0 Å². The van der Waals surface area contributed by atoms with Gasteiger partial charge in [0.05, 0.1) is 0 Å². The van der Waals surface area contributed by atoms with E-state index in [1.807, 2.05) is 0 Å². The topological polar surface area (TPSA) is 67.2 Å². The molecule has 2 rings (SSSR count). The van der Waals surface area contributed by atoms with Crippen molar-refractivity contribution in [1.29, 1.82) is 0 Å². The molecule has 0 saturated heterocycles. The molecule has 0 fully saturated rings. The zero-order valence-electron chi connectivity index (χ0n) is 11.5. The minimum Gasteiger partial charge on any atom is -0.396 e. The van der Waals surface area contributed by atoms with Crippen LogP contribution in [0.3, 0.4) is 0 Å². The lowest BCUT2D eigenvalue weighted by atomic mass is 10.2. The second-order valence-electron chi connectivity index (χ2n) is 4.59. The van der Waals surface area contributed by atoms with Crippen molar-refractivity contribution in [3.63, 3.8) is 0 Å². The van der Waals surface area contributed by atoms with E-state index in [4.69, 9.17) is 5.11 Å². The maximum absolute atomic E-state index is 12.8. The van der Waals surface area contributed by atoms with Gasteiger partial charge in [-0.3, -0.25) is 9.48 Å². The van der Waals surface area contributed by atoms with E-state index in [0.29, 0.717) is 5.69 Å². The van der Waals surface area contributed by atoms with Crippen LogP contribution in [0, 0.1) is 0 Å². The average Bonchev–Trinajstić information content (AvgIpc) is 2.83. The Kier molecular flexibility index (Phi) is 4.81. The summed E-state index contributed by atoms with van der Waals surface area (Å²) in [5.41, 5.74) is -0.664. The Bertz CT molecular complexity index is 639. The Morgan fingerprint density at radius 3 is 2.55 bits per heavy atom. The molecule has 8 heteroatoms. The summed E-state index contributed by atoms with van der Waals surface area (Å²) >= 11 is 0. The van der Waals surface area contributed by atoms with Gasteiger partial charge in [-0.05, 0) is 18.6 Å². The second-order valence-corrected chi connectivity index (χ2v) is 4.59. The minimum absolute atomic E-state index is 0.137. The van der Waals surface area contributed by atoms with Crippen LogP contribution in [0.25, 0.3) is 0 Å². The fraction of sp³-hybridized carbons (Fsp3) is 0.286. The molecule has 0 bridgehead atoms. The normalized spacial score (nSPS) is 11.5. The lowest BCUT2D eigenvalue weighted by Crippen LogP contribution is -2.19. The molecule has 0 aliphatic rings. The smallest absolute Gasteiger partial charge is 0.396 e. The lowest BCUT2D eigenvalue weighted by Gasteiger charge is -2.05. The van der Waals surface area contributed by atoms with Crippen molar-refractivity contribution in [2.75, 3.05) is 11.9 Å². The highest BCUT2D eigenvalue weighted by Crippen LogP contribution is 2.30. The predicted molar refractivity (Wildman–Crippen MR) is 73.1 cm³/mol. The van der Waals surface area contributed by atoms with E-state index in [2.05, 4.69) is 10.4 Å². The van der Waals surface area contributed by atoms with Gasteiger partial charge in [-0.1, -0.05) is 18.2 Å². The number of para-hydroxylation sites is 1. The molecule has 2 N–H and O–H groups in total. The van der Waals surface area contributed by atoms with Crippen molar-refractivity contribution in [3.8, 4) is 0 Å². The van der Waals surface area contributed by atoms with Crippen LogP contribution in [-0.2, 0) is 23.9 Å². The number of benzene rings is 1. The van der Waals surface area contributed by atoms with Crippen LogP contribution in [0.2, 0.25) is 0 Å². The van der Waals surface area contributed by atoms with Crippen LogP contribution in [-0.4, -0.2) is 27.4 Å². The van der Waals surface area contributed by atoms with Crippen LogP contribution < -0.4 is 5.32 Å². The largest absolute Gasteiger partial charge is 0.435 e. The molecule has 0 saturated carbocycles. The molecule has 5 nitrogen and oxygen atoms in total. The summed E-state index contributed by atoms with van der Waals surface area (Å²) in [6.07, 6.45) is -3.66. The number of carbonyl (C=O) groups excluding carboxylic acids is 1. The number of aliphatic hydroxyl groups is 1. The van der Waals surface area contributed by atoms with Gasteiger partial charge in [-0.25, -0.2) is 0 Å². The van der Waals surface area contributed by atoms with Gasteiger partial charge < -0.3 is 10.4 Å². The first kappa shape index (κ1) is 16.0. The first-order chi connectivity index (χ1) is 10.4. The molecule has 1 aromatic heterocycles. The molecule has 0 aliphatic carbocycles. The molecule has 22 heavy (non-hydrogen) atoms. The molecule has 0 radical (unpaired) electrons. The van der Waals surface area contributed by atoms with Gasteiger partial charge in [0.1, 0.15) is 6.54 Å². The number of rotatable bonds is 5. The van der Waals surface area contributed by atoms with Crippen molar-refractivity contribution < 1.29 is 23.1 Å². The van der Waals surface area contributed by atoms with Gasteiger partial charge in [0, 0.05) is 24.1 Å². The van der Waals surface area contributed by atoms with E-state index in [9.17, 15) is 18.0 Å². The van der Waals surface area contributed by atoms with Crippen molar-refractivity contribution in [1.82, 2.24) is 9.78 Å². The minimum atomic E-state index is -4.62. The molecular weight excluding hydrogens is 299 g/mol. The van der Waals surface area contributed by atoms with E-state index in [1.54, 1.807) is 30.3 Å². The molecule has 2 aromatic rings. The predicted octanol–water partition coefficient (Wildman–Crippen LogP) is 2.08. The van der Waals surface area contributed by atoms with E-state index < -0.39 is 24.4 Å². The summed E-state index contributed by atoms with van der Waals surface area (Å²) in [4.78, 5) is 11.8. The number of aliphatic hydroxyl groups excluding tert-OH is 1. The molecule has 1 heterocycles. The summed E-state index contributed by atoms with van der Waals surface area (Å²) in [6.45, 7) is -0.769. The highest BCUT2D eigenvalue weighted by molar-refractivity contribution is 5.90. The molecule has 0 spiro atoms. The highest BCUT2D eigenvalue weighted by atomic mass is 19.4. The summed E-state index contributed by atoms with van der Waals surface area (Å²) in [5, 5.41) is 14.8. The number of hydrogen-bond donors (Lipinski definition) is 2. The first-order valence-corrected chi connectivity index (χ1v) is 6.49. The molecule has 118 valence electrons. The molecule has 1 aromatic carbocycles. The highest BCUT2D eigenvalue weighted by Gasteiger charge is 2.37. The Morgan fingerprint density at radius 2 is 1.95 bits per heavy atom. The molecule has 0 aliphatic heterocycles. The SMILES string of the molecule is O=C(Cn1cc(CCO)c(C(F)(F)F)n1)Nc1ccccc1. The molecule has 0 atom stereocenters. The standard InChI is InChI=1S/C14H14F3N3O2/c15-14(16,17)13-10(6-7-21)8-20(19-13)9-12(22)18-11-4-2-1-3-5-11/h1-5,8,21H,6-7,9H2,(H,18,22). The van der Waals surface area contributed by atoms with Gasteiger partial charge in [0.25, 0.3) is 0 Å². The fourth-order valence-corrected chi connectivity index (χ4v) is 1.95. The number of alkyl halides is 3. The van der Waals surface area contributed by atoms with Gasteiger partial charge in [-0.15, -0.1) is 0 Å².